The first-order chi connectivity index (χ1) is 18.0. The van der Waals surface area contributed by atoms with Gasteiger partial charge in [0, 0.05) is 35.1 Å². The van der Waals surface area contributed by atoms with E-state index in [0.29, 0.717) is 56.4 Å². The molecule has 2 N–H and O–H groups in total. The van der Waals surface area contributed by atoms with E-state index in [1.165, 1.54) is 18.3 Å². The number of nitriles is 1. The van der Waals surface area contributed by atoms with Crippen LogP contribution in [0.5, 0.6) is 0 Å². The van der Waals surface area contributed by atoms with Crippen molar-refractivity contribution in [2.24, 2.45) is 5.41 Å². The number of anilines is 2. The lowest BCUT2D eigenvalue weighted by molar-refractivity contribution is 0.443. The predicted octanol–water partition coefficient (Wildman–Crippen LogP) is 6.19. The minimum atomic E-state index is -1.66. The number of aromatic nitrogens is 5. The first kappa shape index (κ1) is 23.6. The molecule has 1 fully saturated rings. The Hall–Kier alpha value is -3.77. The molecule has 5 rings (SSSR count). The number of aryl methyl sites for hydroxylation is 1. The van der Waals surface area contributed by atoms with Gasteiger partial charge >= 0.3 is 0 Å². The van der Waals surface area contributed by atoms with Crippen molar-refractivity contribution in [3.05, 3.63) is 70.1 Å². The minimum absolute atomic E-state index is 0.0429. The van der Waals surface area contributed by atoms with Crippen LogP contribution >= 0.6 is 11.6 Å². The number of rotatable bonds is 7. The zero-order valence-corrected chi connectivity index (χ0v) is 21.9. The molecular formula is C27H28ClFN8. The summed E-state index contributed by atoms with van der Waals surface area (Å²) in [6.45, 7) is 8.55. The molecule has 190 valence electrons. The van der Waals surface area contributed by atoms with Gasteiger partial charge in [0.1, 0.15) is 11.8 Å². The standard InChI is InChI=1S/C27H28ClFN8/c1-15-19(7-8-23(29)33-15)26(22-13-37(36-35-22)18-5-6-18)34-17-9-20-24(32-14-27(2,3)4)16(11-30)12-31-25(20)21(28)10-17/h7-10,12-13,18,26,34H,5-6,14H2,1-4H3,(H,31,32)/i26D. The molecule has 1 aromatic carbocycles. The van der Waals surface area contributed by atoms with Crippen molar-refractivity contribution in [2.75, 3.05) is 17.2 Å². The first-order valence-corrected chi connectivity index (χ1v) is 12.5. The lowest BCUT2D eigenvalue weighted by Gasteiger charge is -2.23. The molecule has 0 bridgehead atoms. The SMILES string of the molecule is [2H]C(Nc1cc(Cl)c2ncc(C#N)c(NCC(C)(C)C)c2c1)(c1cn(C2CC2)nn1)c1ccc(F)nc1C. The van der Waals surface area contributed by atoms with Crippen LogP contribution in [0.1, 0.15) is 69.6 Å². The normalized spacial score (nSPS) is 15.6. The van der Waals surface area contributed by atoms with Gasteiger partial charge in [0.2, 0.25) is 5.95 Å². The third-order valence-corrected chi connectivity index (χ3v) is 6.41. The number of hydrogen-bond acceptors (Lipinski definition) is 7. The summed E-state index contributed by atoms with van der Waals surface area (Å²) in [6, 6.07) is 7.06. The van der Waals surface area contributed by atoms with Crippen LogP contribution < -0.4 is 10.6 Å². The van der Waals surface area contributed by atoms with Crippen molar-refractivity contribution in [3.8, 4) is 6.07 Å². The molecule has 1 saturated carbocycles. The van der Waals surface area contributed by atoms with Crippen LogP contribution in [-0.4, -0.2) is 31.5 Å². The second-order valence-electron chi connectivity index (χ2n) is 10.5. The number of hydrogen-bond donors (Lipinski definition) is 2. The average Bonchev–Trinajstić information content (AvgIpc) is 3.57. The van der Waals surface area contributed by atoms with Gasteiger partial charge in [-0.3, -0.25) is 4.98 Å². The summed E-state index contributed by atoms with van der Waals surface area (Å²) in [4.78, 5) is 8.37. The lowest BCUT2D eigenvalue weighted by Crippen LogP contribution is -2.20. The summed E-state index contributed by atoms with van der Waals surface area (Å²) < 4.78 is 25.2. The van der Waals surface area contributed by atoms with Crippen LogP contribution in [0, 0.1) is 29.6 Å². The topological polar surface area (TPSA) is 104 Å². The molecule has 4 aromatic rings. The van der Waals surface area contributed by atoms with Crippen molar-refractivity contribution < 1.29 is 5.76 Å². The Bertz CT molecular complexity index is 1570. The van der Waals surface area contributed by atoms with Crippen LogP contribution in [0.3, 0.4) is 0 Å². The molecule has 0 amide bonds. The average molecular weight is 520 g/mol. The summed E-state index contributed by atoms with van der Waals surface area (Å²) in [5.74, 6) is -0.631. The Labute approximate surface area is 221 Å². The number of fused-ring (bicyclic) bond motifs is 1. The molecule has 1 aliphatic carbocycles. The van der Waals surface area contributed by atoms with Crippen molar-refractivity contribution in [3.63, 3.8) is 0 Å². The Balaban J connectivity index is 1.64. The fourth-order valence-electron chi connectivity index (χ4n) is 4.08. The molecular weight excluding hydrogens is 491 g/mol. The van der Waals surface area contributed by atoms with E-state index in [2.05, 4.69) is 57.8 Å². The van der Waals surface area contributed by atoms with Crippen LogP contribution in [0.2, 0.25) is 5.02 Å². The van der Waals surface area contributed by atoms with Crippen molar-refractivity contribution in [1.82, 2.24) is 25.0 Å². The van der Waals surface area contributed by atoms with Gasteiger partial charge in [0.25, 0.3) is 0 Å². The lowest BCUT2D eigenvalue weighted by atomic mass is 9.96. The van der Waals surface area contributed by atoms with E-state index >= 15 is 0 Å². The number of pyridine rings is 2. The summed E-state index contributed by atoms with van der Waals surface area (Å²) in [5, 5.41) is 26.0. The number of benzene rings is 1. The summed E-state index contributed by atoms with van der Waals surface area (Å²) in [5.41, 5.74) is 3.10. The van der Waals surface area contributed by atoms with Gasteiger partial charge in [-0.1, -0.05) is 43.7 Å². The Morgan fingerprint density at radius 3 is 2.78 bits per heavy atom. The van der Waals surface area contributed by atoms with E-state index in [-0.39, 0.29) is 11.5 Å². The number of halogens is 2. The molecule has 1 atom stereocenters. The molecule has 1 unspecified atom stereocenters. The Morgan fingerprint density at radius 2 is 2.11 bits per heavy atom. The van der Waals surface area contributed by atoms with Gasteiger partial charge in [-0.2, -0.15) is 9.65 Å². The molecule has 0 spiro atoms. The smallest absolute Gasteiger partial charge is 0.213 e. The Kier molecular flexibility index (Phi) is 6.13. The molecule has 37 heavy (non-hydrogen) atoms. The number of nitrogens with one attached hydrogen (secondary N) is 2. The second kappa shape index (κ2) is 9.60. The maximum Gasteiger partial charge on any atom is 0.213 e. The highest BCUT2D eigenvalue weighted by atomic mass is 35.5. The zero-order chi connectivity index (χ0) is 27.2. The highest BCUT2D eigenvalue weighted by Crippen LogP contribution is 2.38. The van der Waals surface area contributed by atoms with E-state index in [1.807, 2.05) is 0 Å². The molecule has 1 aliphatic rings. The first-order valence-electron chi connectivity index (χ1n) is 12.6. The molecule has 8 nitrogen and oxygen atoms in total. The van der Waals surface area contributed by atoms with Gasteiger partial charge in [-0.15, -0.1) is 5.10 Å². The summed E-state index contributed by atoms with van der Waals surface area (Å²) in [6.07, 6.45) is 5.27. The number of nitrogens with zero attached hydrogens (tertiary/aromatic N) is 6. The van der Waals surface area contributed by atoms with Crippen LogP contribution in [-0.2, 0) is 0 Å². The van der Waals surface area contributed by atoms with Crippen LogP contribution in [0.4, 0.5) is 15.8 Å². The van der Waals surface area contributed by atoms with E-state index in [9.17, 15) is 11.0 Å². The van der Waals surface area contributed by atoms with Crippen molar-refractivity contribution >= 4 is 33.9 Å². The quantitative estimate of drug-likeness (QED) is 0.280. The maximum atomic E-state index is 13.9. The monoisotopic (exact) mass is 519 g/mol. The van der Waals surface area contributed by atoms with Crippen LogP contribution in [0.25, 0.3) is 10.9 Å². The minimum Gasteiger partial charge on any atom is -0.383 e. The fourth-order valence-corrected chi connectivity index (χ4v) is 4.35. The summed E-state index contributed by atoms with van der Waals surface area (Å²) in [7, 11) is 0. The molecule has 3 aromatic heterocycles. The third-order valence-electron chi connectivity index (χ3n) is 6.12. The largest absolute Gasteiger partial charge is 0.383 e. The van der Waals surface area contributed by atoms with Gasteiger partial charge in [0.05, 0.1) is 41.4 Å². The third kappa shape index (κ3) is 5.35. The van der Waals surface area contributed by atoms with Crippen LogP contribution in [0.15, 0.2) is 36.7 Å². The van der Waals surface area contributed by atoms with Crippen molar-refractivity contribution in [1.29, 1.82) is 5.26 Å². The van der Waals surface area contributed by atoms with Gasteiger partial charge in [0.15, 0.2) is 0 Å². The van der Waals surface area contributed by atoms with E-state index < -0.39 is 12.0 Å². The predicted molar refractivity (Wildman–Crippen MR) is 142 cm³/mol. The van der Waals surface area contributed by atoms with E-state index in [4.69, 9.17) is 11.6 Å². The molecule has 0 saturated heterocycles. The van der Waals surface area contributed by atoms with Gasteiger partial charge in [-0.25, -0.2) is 9.67 Å². The van der Waals surface area contributed by atoms with E-state index in [0.717, 1.165) is 12.8 Å². The van der Waals surface area contributed by atoms with Gasteiger partial charge < -0.3 is 10.6 Å². The summed E-state index contributed by atoms with van der Waals surface area (Å²) >= 11 is 6.68. The highest BCUT2D eigenvalue weighted by molar-refractivity contribution is 6.35. The molecule has 10 heteroatoms. The fraction of sp³-hybridized carbons (Fsp3) is 0.370. The Morgan fingerprint density at radius 1 is 1.32 bits per heavy atom. The van der Waals surface area contributed by atoms with E-state index in [1.54, 1.807) is 29.9 Å². The highest BCUT2D eigenvalue weighted by Gasteiger charge is 2.28. The second-order valence-corrected chi connectivity index (χ2v) is 10.9. The maximum absolute atomic E-state index is 13.9. The molecule has 3 heterocycles. The van der Waals surface area contributed by atoms with Crippen molar-refractivity contribution in [2.45, 2.75) is 52.6 Å². The van der Waals surface area contributed by atoms with Gasteiger partial charge in [-0.05, 0) is 43.4 Å². The zero-order valence-electron chi connectivity index (χ0n) is 22.1. The molecule has 0 aliphatic heterocycles. The molecule has 0 radical (unpaired) electrons.